The van der Waals surface area contributed by atoms with E-state index in [1.54, 1.807) is 6.26 Å². The Bertz CT molecular complexity index is 240. The zero-order chi connectivity index (χ0) is 7.68. The second kappa shape index (κ2) is 2.97. The van der Waals surface area contributed by atoms with Crippen molar-refractivity contribution in [2.75, 3.05) is 13.2 Å². The molecule has 0 saturated carbocycles. The van der Waals surface area contributed by atoms with Gasteiger partial charge >= 0.3 is 0 Å². The molecule has 1 aromatic rings. The Kier molecular flexibility index (Phi) is 1.98. The molecule has 0 aromatic carbocycles. The summed E-state index contributed by atoms with van der Waals surface area (Å²) in [6.45, 7) is 1.28. The molecule has 0 amide bonds. The van der Waals surface area contributed by atoms with Gasteiger partial charge in [-0.1, -0.05) is 0 Å². The molecule has 0 spiro atoms. The average Bonchev–Trinajstić information content (AvgIpc) is 2.55. The number of rotatable bonds is 1. The van der Waals surface area contributed by atoms with Gasteiger partial charge in [-0.05, 0) is 22.0 Å². The van der Waals surface area contributed by atoms with Crippen molar-refractivity contribution in [1.82, 2.24) is 0 Å². The van der Waals surface area contributed by atoms with Crippen LogP contribution in [0.4, 0.5) is 0 Å². The molecule has 2 heterocycles. The Morgan fingerprint density at radius 1 is 1.36 bits per heavy atom. The van der Waals surface area contributed by atoms with Crippen LogP contribution in [0, 0.1) is 0 Å². The quantitative estimate of drug-likeness (QED) is 0.724. The maximum Gasteiger partial charge on any atom is 0.217 e. The zero-order valence-corrected chi connectivity index (χ0v) is 7.33. The molecule has 1 aromatic heterocycles. The summed E-state index contributed by atoms with van der Waals surface area (Å²) >= 11 is 3.27. The van der Waals surface area contributed by atoms with Crippen LogP contribution in [0.1, 0.15) is 12.1 Å². The van der Waals surface area contributed by atoms with E-state index in [1.807, 2.05) is 6.07 Å². The molecule has 0 aliphatic carbocycles. The monoisotopic (exact) mass is 218 g/mol. The molecule has 1 fully saturated rings. The highest BCUT2D eigenvalue weighted by Crippen LogP contribution is 2.26. The first-order chi connectivity index (χ1) is 5.36. The third-order valence-electron chi connectivity index (χ3n) is 1.44. The fraction of sp³-hybridized carbons (Fsp3) is 0.429. The van der Waals surface area contributed by atoms with Crippen molar-refractivity contribution < 1.29 is 13.9 Å². The maximum atomic E-state index is 5.22. The van der Waals surface area contributed by atoms with Crippen LogP contribution in [0.25, 0.3) is 0 Å². The van der Waals surface area contributed by atoms with E-state index < -0.39 is 0 Å². The van der Waals surface area contributed by atoms with Crippen LogP contribution in [-0.4, -0.2) is 13.2 Å². The highest BCUT2D eigenvalue weighted by Gasteiger charge is 2.21. The summed E-state index contributed by atoms with van der Waals surface area (Å²) in [4.78, 5) is 0. The molecule has 11 heavy (non-hydrogen) atoms. The lowest BCUT2D eigenvalue weighted by molar-refractivity contribution is -0.0588. The van der Waals surface area contributed by atoms with Crippen LogP contribution < -0.4 is 0 Å². The first kappa shape index (κ1) is 7.34. The van der Waals surface area contributed by atoms with Gasteiger partial charge in [0.25, 0.3) is 0 Å². The Labute approximate surface area is 72.4 Å². The summed E-state index contributed by atoms with van der Waals surface area (Å²) in [6, 6.07) is 1.84. The van der Waals surface area contributed by atoms with Gasteiger partial charge in [-0.25, -0.2) is 0 Å². The number of ether oxygens (including phenoxy) is 2. The van der Waals surface area contributed by atoms with E-state index >= 15 is 0 Å². The maximum absolute atomic E-state index is 5.22. The lowest BCUT2D eigenvalue weighted by Crippen LogP contribution is -1.94. The van der Waals surface area contributed by atoms with E-state index in [0.717, 1.165) is 10.2 Å². The number of hydrogen-bond acceptors (Lipinski definition) is 3. The Morgan fingerprint density at radius 2 is 2.09 bits per heavy atom. The van der Waals surface area contributed by atoms with Crippen molar-refractivity contribution in [3.63, 3.8) is 0 Å². The van der Waals surface area contributed by atoms with Gasteiger partial charge < -0.3 is 13.9 Å². The van der Waals surface area contributed by atoms with Crippen LogP contribution in [0.5, 0.6) is 0 Å². The predicted octanol–water partition coefficient (Wildman–Crippen LogP) is 2.09. The summed E-state index contributed by atoms with van der Waals surface area (Å²) in [7, 11) is 0. The van der Waals surface area contributed by atoms with Crippen LogP contribution in [0.3, 0.4) is 0 Å². The van der Waals surface area contributed by atoms with E-state index in [-0.39, 0.29) is 6.29 Å². The summed E-state index contributed by atoms with van der Waals surface area (Å²) in [5.74, 6) is 0.717. The Hall–Kier alpha value is -0.320. The van der Waals surface area contributed by atoms with Crippen molar-refractivity contribution in [3.05, 3.63) is 22.6 Å². The largest absolute Gasteiger partial charge is 0.463 e. The average molecular weight is 219 g/mol. The molecule has 0 radical (unpaired) electrons. The van der Waals surface area contributed by atoms with E-state index in [9.17, 15) is 0 Å². The van der Waals surface area contributed by atoms with Crippen LogP contribution in [0.2, 0.25) is 0 Å². The molecular formula is C7H7BrO3. The van der Waals surface area contributed by atoms with Crippen molar-refractivity contribution >= 4 is 15.9 Å². The van der Waals surface area contributed by atoms with Crippen molar-refractivity contribution in [3.8, 4) is 0 Å². The summed E-state index contributed by atoms with van der Waals surface area (Å²) in [6.07, 6.45) is 1.31. The summed E-state index contributed by atoms with van der Waals surface area (Å²) < 4.78 is 16.5. The summed E-state index contributed by atoms with van der Waals surface area (Å²) in [5.41, 5.74) is 0. The molecule has 60 valence electrons. The van der Waals surface area contributed by atoms with Gasteiger partial charge in [0.15, 0.2) is 5.76 Å². The number of hydrogen-bond donors (Lipinski definition) is 0. The Balaban J connectivity index is 2.15. The second-order valence-corrected chi connectivity index (χ2v) is 3.16. The Morgan fingerprint density at radius 3 is 2.64 bits per heavy atom. The highest BCUT2D eigenvalue weighted by atomic mass is 79.9. The molecule has 0 N–H and O–H groups in total. The van der Waals surface area contributed by atoms with Gasteiger partial charge in [-0.2, -0.15) is 0 Å². The van der Waals surface area contributed by atoms with Crippen LogP contribution >= 0.6 is 15.9 Å². The molecule has 1 aliphatic rings. The minimum atomic E-state index is -0.304. The first-order valence-corrected chi connectivity index (χ1v) is 4.13. The van der Waals surface area contributed by atoms with Gasteiger partial charge in [-0.3, -0.25) is 0 Å². The van der Waals surface area contributed by atoms with Gasteiger partial charge in [0.1, 0.15) is 6.26 Å². The fourth-order valence-corrected chi connectivity index (χ4v) is 1.29. The molecule has 0 unspecified atom stereocenters. The van der Waals surface area contributed by atoms with Crippen LogP contribution in [-0.2, 0) is 9.47 Å². The third kappa shape index (κ3) is 1.47. The molecule has 3 nitrogen and oxygen atoms in total. The van der Waals surface area contributed by atoms with E-state index in [1.165, 1.54) is 0 Å². The predicted molar refractivity (Wildman–Crippen MR) is 41.1 cm³/mol. The van der Waals surface area contributed by atoms with Gasteiger partial charge in [0.05, 0.1) is 17.7 Å². The van der Waals surface area contributed by atoms with Gasteiger partial charge in [0.2, 0.25) is 6.29 Å². The van der Waals surface area contributed by atoms with Crippen molar-refractivity contribution in [2.45, 2.75) is 6.29 Å². The summed E-state index contributed by atoms with van der Waals surface area (Å²) in [5, 5.41) is 0. The minimum absolute atomic E-state index is 0.304. The molecule has 2 rings (SSSR count). The van der Waals surface area contributed by atoms with Gasteiger partial charge in [0, 0.05) is 0 Å². The smallest absolute Gasteiger partial charge is 0.217 e. The van der Waals surface area contributed by atoms with E-state index in [0.29, 0.717) is 13.2 Å². The molecule has 0 bridgehead atoms. The molecular weight excluding hydrogens is 212 g/mol. The third-order valence-corrected chi connectivity index (χ3v) is 1.86. The lowest BCUT2D eigenvalue weighted by atomic mass is 10.4. The van der Waals surface area contributed by atoms with Crippen LogP contribution in [0.15, 0.2) is 21.2 Å². The molecule has 1 aliphatic heterocycles. The van der Waals surface area contributed by atoms with Gasteiger partial charge in [-0.15, -0.1) is 0 Å². The minimum Gasteiger partial charge on any atom is -0.463 e. The topological polar surface area (TPSA) is 31.6 Å². The van der Waals surface area contributed by atoms with Crippen molar-refractivity contribution in [2.24, 2.45) is 0 Å². The fourth-order valence-electron chi connectivity index (χ4n) is 0.975. The standard InChI is InChI=1S/C7H7BrO3/c8-5-3-6(11-4-5)7-9-1-2-10-7/h3-4,7H,1-2H2. The number of halogens is 1. The lowest BCUT2D eigenvalue weighted by Gasteiger charge is -2.02. The zero-order valence-electron chi connectivity index (χ0n) is 5.75. The SMILES string of the molecule is Brc1coc(C2OCCO2)c1. The second-order valence-electron chi connectivity index (χ2n) is 2.24. The molecule has 4 heteroatoms. The molecule has 1 saturated heterocycles. The highest BCUT2D eigenvalue weighted by molar-refractivity contribution is 9.10. The van der Waals surface area contributed by atoms with E-state index in [4.69, 9.17) is 13.9 Å². The number of furan rings is 1. The first-order valence-electron chi connectivity index (χ1n) is 3.33. The van der Waals surface area contributed by atoms with Crippen molar-refractivity contribution in [1.29, 1.82) is 0 Å². The molecule has 0 atom stereocenters. The van der Waals surface area contributed by atoms with E-state index in [2.05, 4.69) is 15.9 Å². The normalized spacial score (nSPS) is 19.4.